The van der Waals surface area contributed by atoms with Crippen LogP contribution in [-0.4, -0.2) is 75.0 Å². The summed E-state index contributed by atoms with van der Waals surface area (Å²) in [5, 5.41) is 2.70. The summed E-state index contributed by atoms with van der Waals surface area (Å²) >= 11 is 1.37. The number of anilines is 2. The maximum Gasteiger partial charge on any atom is 0.243 e. The average molecular weight is 461 g/mol. The fraction of sp³-hybridized carbons (Fsp3) is 0.333. The molecule has 1 fully saturated rings. The first-order valence-electron chi connectivity index (χ1n) is 9.95. The van der Waals surface area contributed by atoms with E-state index in [9.17, 15) is 18.0 Å². The molecule has 2 aromatic carbocycles. The Labute approximate surface area is 186 Å². The van der Waals surface area contributed by atoms with Gasteiger partial charge < -0.3 is 15.1 Å². The molecule has 2 amide bonds. The van der Waals surface area contributed by atoms with Crippen molar-refractivity contribution in [2.45, 2.75) is 9.79 Å². The third-order valence-electron chi connectivity index (χ3n) is 5.40. The number of thioether (sulfide) groups is 1. The molecule has 31 heavy (non-hydrogen) atoms. The lowest BCUT2D eigenvalue weighted by molar-refractivity contribution is -0.131. The van der Waals surface area contributed by atoms with Gasteiger partial charge in [0.05, 0.1) is 22.9 Å². The number of carbonyl (C=O) groups excluding carboxylic acids is 2. The van der Waals surface area contributed by atoms with E-state index in [4.69, 9.17) is 0 Å². The van der Waals surface area contributed by atoms with Gasteiger partial charge in [-0.05, 0) is 30.3 Å². The van der Waals surface area contributed by atoms with Gasteiger partial charge in [-0.1, -0.05) is 18.2 Å². The molecule has 0 aliphatic carbocycles. The molecule has 2 aliphatic rings. The summed E-state index contributed by atoms with van der Waals surface area (Å²) in [6, 6.07) is 14.7. The number of benzene rings is 2. The molecule has 0 bridgehead atoms. The molecule has 1 saturated heterocycles. The number of nitrogens with zero attached hydrogens (tertiary/aromatic N) is 3. The van der Waals surface area contributed by atoms with Crippen molar-refractivity contribution in [2.24, 2.45) is 0 Å². The van der Waals surface area contributed by atoms with Gasteiger partial charge in [-0.3, -0.25) is 9.59 Å². The Kier molecular flexibility index (Phi) is 6.22. The number of piperazine rings is 1. The Balaban J connectivity index is 1.38. The molecule has 164 valence electrons. The topological polar surface area (TPSA) is 90.0 Å². The van der Waals surface area contributed by atoms with Gasteiger partial charge in [0.2, 0.25) is 21.8 Å². The van der Waals surface area contributed by atoms with Crippen molar-refractivity contribution in [1.82, 2.24) is 9.21 Å². The zero-order chi connectivity index (χ0) is 22.0. The van der Waals surface area contributed by atoms with Crippen molar-refractivity contribution >= 4 is 45.0 Å². The highest BCUT2D eigenvalue weighted by atomic mass is 32.2. The molecule has 8 nitrogen and oxygen atoms in total. The summed E-state index contributed by atoms with van der Waals surface area (Å²) < 4.78 is 27.0. The van der Waals surface area contributed by atoms with Crippen LogP contribution in [-0.2, 0) is 19.6 Å². The highest BCUT2D eigenvalue weighted by Gasteiger charge is 2.28. The third-order valence-corrected chi connectivity index (χ3v) is 8.28. The van der Waals surface area contributed by atoms with E-state index in [1.54, 1.807) is 11.0 Å². The molecule has 10 heteroatoms. The molecule has 0 spiro atoms. The van der Waals surface area contributed by atoms with Gasteiger partial charge in [0.25, 0.3) is 0 Å². The summed E-state index contributed by atoms with van der Waals surface area (Å²) in [6.45, 7) is 2.27. The molecule has 0 radical (unpaired) electrons. The SMILES string of the molecule is CN(CC(=O)N1CCN(c2ccccc2)CC1)S(=O)(=O)c1ccc2c(c1)NC(=O)CS2. The van der Waals surface area contributed by atoms with Crippen LogP contribution in [0.1, 0.15) is 0 Å². The first-order chi connectivity index (χ1) is 14.8. The molecule has 0 saturated carbocycles. The van der Waals surface area contributed by atoms with E-state index < -0.39 is 10.0 Å². The lowest BCUT2D eigenvalue weighted by atomic mass is 10.2. The van der Waals surface area contributed by atoms with Crippen molar-refractivity contribution in [1.29, 1.82) is 0 Å². The quantitative estimate of drug-likeness (QED) is 0.731. The number of fused-ring (bicyclic) bond motifs is 1. The molecule has 0 aromatic heterocycles. The van der Waals surface area contributed by atoms with Crippen LogP contribution in [0.2, 0.25) is 0 Å². The lowest BCUT2D eigenvalue weighted by Gasteiger charge is -2.36. The van der Waals surface area contributed by atoms with Gasteiger partial charge in [0, 0.05) is 43.8 Å². The number of hydrogen-bond acceptors (Lipinski definition) is 6. The Morgan fingerprint density at radius 2 is 1.81 bits per heavy atom. The number of nitrogens with one attached hydrogen (secondary N) is 1. The monoisotopic (exact) mass is 460 g/mol. The van der Waals surface area contributed by atoms with Crippen LogP contribution in [0.4, 0.5) is 11.4 Å². The number of para-hydroxylation sites is 1. The van der Waals surface area contributed by atoms with E-state index in [-0.39, 0.29) is 23.3 Å². The summed E-state index contributed by atoms with van der Waals surface area (Å²) in [5.41, 5.74) is 1.60. The Hall–Kier alpha value is -2.56. The van der Waals surface area contributed by atoms with Crippen LogP contribution < -0.4 is 10.2 Å². The minimum Gasteiger partial charge on any atom is -0.368 e. The van der Waals surface area contributed by atoms with Crippen LogP contribution in [0.5, 0.6) is 0 Å². The predicted octanol–water partition coefficient (Wildman–Crippen LogP) is 1.70. The number of carbonyl (C=O) groups is 2. The average Bonchev–Trinajstić information content (AvgIpc) is 2.79. The van der Waals surface area contributed by atoms with Crippen molar-refractivity contribution in [3.8, 4) is 0 Å². The van der Waals surface area contributed by atoms with Crippen LogP contribution in [0.3, 0.4) is 0 Å². The lowest BCUT2D eigenvalue weighted by Crippen LogP contribution is -2.51. The van der Waals surface area contributed by atoms with Gasteiger partial charge in [-0.2, -0.15) is 4.31 Å². The number of rotatable bonds is 5. The van der Waals surface area contributed by atoms with Gasteiger partial charge in [0.15, 0.2) is 0 Å². The summed E-state index contributed by atoms with van der Waals surface area (Å²) in [4.78, 5) is 29.2. The van der Waals surface area contributed by atoms with E-state index in [1.807, 2.05) is 30.3 Å². The molecular weight excluding hydrogens is 436 g/mol. The van der Waals surface area contributed by atoms with Gasteiger partial charge >= 0.3 is 0 Å². The standard InChI is InChI=1S/C21H24N4O4S2/c1-23(31(28,29)17-7-8-19-18(13-17)22-20(26)15-30-19)14-21(27)25-11-9-24(10-12-25)16-5-3-2-4-6-16/h2-8,13H,9-12,14-15H2,1H3,(H,22,26). The molecule has 2 aromatic rings. The smallest absolute Gasteiger partial charge is 0.243 e. The number of hydrogen-bond donors (Lipinski definition) is 1. The Bertz CT molecular complexity index is 1080. The van der Waals surface area contributed by atoms with E-state index in [0.717, 1.165) is 14.9 Å². The second kappa shape index (κ2) is 8.89. The normalized spacial score (nSPS) is 16.8. The third kappa shape index (κ3) is 4.70. The number of sulfonamides is 1. The van der Waals surface area contributed by atoms with Gasteiger partial charge in [0.1, 0.15) is 0 Å². The van der Waals surface area contributed by atoms with Crippen molar-refractivity contribution in [3.05, 3.63) is 48.5 Å². The predicted molar refractivity (Wildman–Crippen MR) is 121 cm³/mol. The zero-order valence-corrected chi connectivity index (χ0v) is 18.8. The summed E-state index contributed by atoms with van der Waals surface area (Å²) in [5.74, 6) is -0.0729. The molecule has 2 aliphatic heterocycles. The van der Waals surface area contributed by atoms with E-state index >= 15 is 0 Å². The fourth-order valence-corrected chi connectivity index (χ4v) is 5.57. The van der Waals surface area contributed by atoms with Crippen LogP contribution >= 0.6 is 11.8 Å². The molecule has 0 atom stereocenters. The molecule has 0 unspecified atom stereocenters. The zero-order valence-electron chi connectivity index (χ0n) is 17.2. The van der Waals surface area contributed by atoms with Crippen molar-refractivity contribution < 1.29 is 18.0 Å². The largest absolute Gasteiger partial charge is 0.368 e. The van der Waals surface area contributed by atoms with E-state index in [2.05, 4.69) is 10.2 Å². The summed E-state index contributed by atoms with van der Waals surface area (Å²) in [7, 11) is -2.46. The minimum atomic E-state index is -3.86. The fourth-order valence-electron chi connectivity index (χ4n) is 3.63. The first kappa shape index (κ1) is 21.7. The minimum absolute atomic E-state index is 0.0539. The molecule has 2 heterocycles. The highest BCUT2D eigenvalue weighted by Crippen LogP contribution is 2.33. The van der Waals surface area contributed by atoms with Gasteiger partial charge in [-0.25, -0.2) is 8.42 Å². The van der Waals surface area contributed by atoms with Gasteiger partial charge in [-0.15, -0.1) is 11.8 Å². The number of amides is 2. The second-order valence-corrected chi connectivity index (χ2v) is 10.5. The van der Waals surface area contributed by atoms with Crippen molar-refractivity contribution in [2.75, 3.05) is 55.7 Å². The molecule has 1 N–H and O–H groups in total. The van der Waals surface area contributed by atoms with Crippen molar-refractivity contribution in [3.63, 3.8) is 0 Å². The molecule has 4 rings (SSSR count). The van der Waals surface area contributed by atoms with Crippen LogP contribution in [0.15, 0.2) is 58.3 Å². The first-order valence-corrected chi connectivity index (χ1v) is 12.4. The number of likely N-dealkylation sites (N-methyl/N-ethyl adjacent to an activating group) is 1. The maximum absolute atomic E-state index is 13.0. The second-order valence-electron chi connectivity index (χ2n) is 7.46. The Morgan fingerprint density at radius 3 is 2.52 bits per heavy atom. The maximum atomic E-state index is 13.0. The van der Waals surface area contributed by atoms with Crippen LogP contribution in [0.25, 0.3) is 0 Å². The molecular formula is C21H24N4O4S2. The summed E-state index contributed by atoms with van der Waals surface area (Å²) in [6.07, 6.45) is 0. The van der Waals surface area contributed by atoms with E-state index in [0.29, 0.717) is 37.6 Å². The van der Waals surface area contributed by atoms with E-state index in [1.165, 1.54) is 30.9 Å². The van der Waals surface area contributed by atoms with Crippen LogP contribution in [0, 0.1) is 0 Å². The Morgan fingerprint density at radius 1 is 1.10 bits per heavy atom. The highest BCUT2D eigenvalue weighted by molar-refractivity contribution is 8.00.